The zero-order chi connectivity index (χ0) is 19.4. The number of rotatable bonds is 4. The Hall–Kier alpha value is -2.82. The van der Waals surface area contributed by atoms with Gasteiger partial charge in [0.1, 0.15) is 12.0 Å². The van der Waals surface area contributed by atoms with Gasteiger partial charge in [-0.2, -0.15) is 0 Å². The van der Waals surface area contributed by atoms with E-state index in [1.807, 2.05) is 0 Å². The number of benzene rings is 2. The number of hydrogen-bond acceptors (Lipinski definition) is 5. The molecular formula is C24H27N5. The molecule has 4 saturated carbocycles. The summed E-state index contributed by atoms with van der Waals surface area (Å²) in [5.74, 6) is 4.09. The van der Waals surface area contributed by atoms with Gasteiger partial charge in [-0.1, -0.05) is 36.4 Å². The molecule has 0 radical (unpaired) electrons. The van der Waals surface area contributed by atoms with Crippen molar-refractivity contribution in [1.82, 2.24) is 9.97 Å². The number of hydrogen-bond donors (Lipinski definition) is 3. The number of anilines is 4. The molecule has 4 N–H and O–H groups in total. The maximum Gasteiger partial charge on any atom is 0.159 e. The van der Waals surface area contributed by atoms with Crippen LogP contribution in [0.1, 0.15) is 38.5 Å². The molecule has 4 bridgehead atoms. The minimum absolute atomic E-state index is 0.175. The number of fused-ring (bicyclic) bond motifs is 1. The van der Waals surface area contributed by atoms with Crippen molar-refractivity contribution in [2.75, 3.05) is 16.4 Å². The van der Waals surface area contributed by atoms with Gasteiger partial charge in [-0.3, -0.25) is 0 Å². The summed E-state index contributed by atoms with van der Waals surface area (Å²) in [6, 6.07) is 14.6. The zero-order valence-corrected chi connectivity index (χ0v) is 16.6. The highest BCUT2D eigenvalue weighted by Crippen LogP contribution is 2.56. The van der Waals surface area contributed by atoms with Crippen molar-refractivity contribution in [1.29, 1.82) is 0 Å². The van der Waals surface area contributed by atoms with Crippen molar-refractivity contribution < 1.29 is 0 Å². The number of nitrogens with one attached hydrogen (secondary N) is 2. The van der Waals surface area contributed by atoms with Crippen LogP contribution in [0.5, 0.6) is 0 Å². The predicted octanol–water partition coefficient (Wildman–Crippen LogP) is 5.34. The third-order valence-corrected chi connectivity index (χ3v) is 7.35. The van der Waals surface area contributed by atoms with E-state index >= 15 is 0 Å². The number of nitrogens with two attached hydrogens (primary N) is 1. The Labute approximate surface area is 171 Å². The molecule has 1 heterocycles. The Kier molecular flexibility index (Phi) is 3.73. The van der Waals surface area contributed by atoms with Crippen LogP contribution in [-0.2, 0) is 0 Å². The molecule has 0 aliphatic heterocycles. The van der Waals surface area contributed by atoms with E-state index in [1.165, 1.54) is 43.9 Å². The van der Waals surface area contributed by atoms with Crippen LogP contribution in [0.15, 0.2) is 48.8 Å². The quantitative estimate of drug-likeness (QED) is 0.565. The van der Waals surface area contributed by atoms with Crippen molar-refractivity contribution >= 4 is 33.8 Å². The highest BCUT2D eigenvalue weighted by atomic mass is 15.1. The van der Waals surface area contributed by atoms with Crippen LogP contribution in [0.25, 0.3) is 10.8 Å². The van der Waals surface area contributed by atoms with Crippen molar-refractivity contribution in [2.45, 2.75) is 44.1 Å². The van der Waals surface area contributed by atoms with Crippen molar-refractivity contribution in [2.24, 2.45) is 17.8 Å². The zero-order valence-electron chi connectivity index (χ0n) is 16.6. The highest BCUT2D eigenvalue weighted by Gasteiger charge is 2.51. The molecule has 148 valence electrons. The van der Waals surface area contributed by atoms with Crippen LogP contribution in [0.2, 0.25) is 0 Å². The molecule has 1 aromatic heterocycles. The summed E-state index contributed by atoms with van der Waals surface area (Å²) in [6.45, 7) is 0. The molecular weight excluding hydrogens is 358 g/mol. The predicted molar refractivity (Wildman–Crippen MR) is 118 cm³/mol. The van der Waals surface area contributed by atoms with Crippen molar-refractivity contribution in [3.63, 3.8) is 0 Å². The third kappa shape index (κ3) is 2.91. The second-order valence-electron chi connectivity index (χ2n) is 9.46. The Balaban J connectivity index is 1.31. The van der Waals surface area contributed by atoms with Crippen LogP contribution < -0.4 is 16.4 Å². The lowest BCUT2D eigenvalue weighted by molar-refractivity contribution is 0.0106. The Morgan fingerprint density at radius 1 is 0.828 bits per heavy atom. The van der Waals surface area contributed by atoms with E-state index in [-0.39, 0.29) is 5.54 Å². The smallest absolute Gasteiger partial charge is 0.159 e. The number of nitrogens with zero attached hydrogens (tertiary/aromatic N) is 2. The SMILES string of the molecule is Nc1c(Nc2cccc3ccccc23)ncnc1NC12CC3CC(CC(C3)C1)C2. The van der Waals surface area contributed by atoms with Crippen LogP contribution >= 0.6 is 0 Å². The summed E-state index contributed by atoms with van der Waals surface area (Å²) in [4.78, 5) is 8.98. The first-order valence-electron chi connectivity index (χ1n) is 10.8. The van der Waals surface area contributed by atoms with Gasteiger partial charge in [0.25, 0.3) is 0 Å². The van der Waals surface area contributed by atoms with E-state index in [1.54, 1.807) is 6.33 Å². The van der Waals surface area contributed by atoms with E-state index in [4.69, 9.17) is 5.73 Å². The van der Waals surface area contributed by atoms with Gasteiger partial charge in [0, 0.05) is 16.6 Å². The molecule has 4 aliphatic rings. The Bertz CT molecular complexity index is 1040. The second kappa shape index (κ2) is 6.34. The first-order chi connectivity index (χ1) is 14.2. The van der Waals surface area contributed by atoms with Gasteiger partial charge in [0.15, 0.2) is 11.6 Å². The Morgan fingerprint density at radius 3 is 2.24 bits per heavy atom. The molecule has 5 heteroatoms. The van der Waals surface area contributed by atoms with Crippen LogP contribution in [0, 0.1) is 17.8 Å². The molecule has 0 amide bonds. The largest absolute Gasteiger partial charge is 0.393 e. The van der Waals surface area contributed by atoms with Crippen molar-refractivity contribution in [3.8, 4) is 0 Å². The summed E-state index contributed by atoms with van der Waals surface area (Å²) in [6.07, 6.45) is 9.67. The van der Waals surface area contributed by atoms with E-state index in [0.717, 1.165) is 34.6 Å². The molecule has 0 unspecified atom stereocenters. The standard InChI is InChI=1S/C24H27N5/c25-21-22(28-20-7-3-5-18-4-1-2-6-19(18)20)26-14-27-23(21)29-24-11-15-8-16(12-24)10-17(9-15)13-24/h1-7,14-17H,8-13,25H2,(H2,26,27,28,29). The van der Waals surface area contributed by atoms with Gasteiger partial charge in [0.05, 0.1) is 0 Å². The van der Waals surface area contributed by atoms with Crippen molar-refractivity contribution in [3.05, 3.63) is 48.8 Å². The average molecular weight is 386 g/mol. The number of nitrogen functional groups attached to an aromatic ring is 1. The van der Waals surface area contributed by atoms with Crippen LogP contribution in [0.4, 0.5) is 23.0 Å². The molecule has 7 rings (SSSR count). The molecule has 0 saturated heterocycles. The molecule has 2 aromatic carbocycles. The molecule has 0 spiro atoms. The molecule has 0 atom stereocenters. The summed E-state index contributed by atoms with van der Waals surface area (Å²) in [7, 11) is 0. The summed E-state index contributed by atoms with van der Waals surface area (Å²) < 4.78 is 0. The van der Waals surface area contributed by atoms with Crippen LogP contribution in [0.3, 0.4) is 0 Å². The monoisotopic (exact) mass is 385 g/mol. The van der Waals surface area contributed by atoms with Gasteiger partial charge < -0.3 is 16.4 Å². The first kappa shape index (κ1) is 17.1. The molecule has 3 aromatic rings. The summed E-state index contributed by atoms with van der Waals surface area (Å²) >= 11 is 0. The van der Waals surface area contributed by atoms with Crippen LogP contribution in [-0.4, -0.2) is 15.5 Å². The van der Waals surface area contributed by atoms with Gasteiger partial charge in [-0.15, -0.1) is 0 Å². The molecule has 5 nitrogen and oxygen atoms in total. The van der Waals surface area contributed by atoms with Gasteiger partial charge in [-0.05, 0) is 67.7 Å². The van der Waals surface area contributed by atoms with E-state index < -0.39 is 0 Å². The van der Waals surface area contributed by atoms with E-state index in [0.29, 0.717) is 11.5 Å². The summed E-state index contributed by atoms with van der Waals surface area (Å²) in [5, 5.41) is 9.60. The van der Waals surface area contributed by atoms with Gasteiger partial charge in [-0.25, -0.2) is 9.97 Å². The molecule has 4 fully saturated rings. The molecule has 4 aliphatic carbocycles. The van der Waals surface area contributed by atoms with E-state index in [2.05, 4.69) is 63.1 Å². The summed E-state index contributed by atoms with van der Waals surface area (Å²) in [5.41, 5.74) is 8.35. The van der Waals surface area contributed by atoms with Gasteiger partial charge in [0.2, 0.25) is 0 Å². The maximum atomic E-state index is 6.55. The Morgan fingerprint density at radius 2 is 1.48 bits per heavy atom. The average Bonchev–Trinajstić information content (AvgIpc) is 2.70. The highest BCUT2D eigenvalue weighted by molar-refractivity contribution is 5.96. The maximum absolute atomic E-state index is 6.55. The fraction of sp³-hybridized carbons (Fsp3) is 0.417. The minimum Gasteiger partial charge on any atom is -0.393 e. The van der Waals surface area contributed by atoms with E-state index in [9.17, 15) is 0 Å². The third-order valence-electron chi connectivity index (χ3n) is 7.35. The number of aromatic nitrogens is 2. The second-order valence-corrected chi connectivity index (χ2v) is 9.46. The lowest BCUT2D eigenvalue weighted by atomic mass is 9.53. The lowest BCUT2D eigenvalue weighted by Crippen LogP contribution is -2.55. The normalized spacial score (nSPS) is 29.9. The molecule has 29 heavy (non-hydrogen) atoms. The fourth-order valence-electron chi connectivity index (χ4n) is 6.57. The first-order valence-corrected chi connectivity index (χ1v) is 10.8. The topological polar surface area (TPSA) is 75.9 Å². The fourth-order valence-corrected chi connectivity index (χ4v) is 6.57. The van der Waals surface area contributed by atoms with Gasteiger partial charge >= 0.3 is 0 Å². The lowest BCUT2D eigenvalue weighted by Gasteiger charge is -2.57. The minimum atomic E-state index is 0.175.